The third-order valence-electron chi connectivity index (χ3n) is 6.16. The number of hydrogen-bond acceptors (Lipinski definition) is 6. The van der Waals surface area contributed by atoms with Gasteiger partial charge in [-0.3, -0.25) is 10.2 Å². The number of amides is 2. The summed E-state index contributed by atoms with van der Waals surface area (Å²) >= 11 is 1.35. The van der Waals surface area contributed by atoms with E-state index in [1.165, 1.54) is 11.3 Å². The Morgan fingerprint density at radius 3 is 2.74 bits per heavy atom. The molecule has 0 aromatic carbocycles. The van der Waals surface area contributed by atoms with E-state index in [4.69, 9.17) is 4.98 Å². The van der Waals surface area contributed by atoms with Gasteiger partial charge < -0.3 is 9.80 Å². The van der Waals surface area contributed by atoms with Gasteiger partial charge in [-0.1, -0.05) is 0 Å². The number of alkyl halides is 3. The van der Waals surface area contributed by atoms with Crippen LogP contribution in [0.4, 0.5) is 40.4 Å². The molecule has 1 N–H and O–H groups in total. The molecule has 0 aliphatic carbocycles. The van der Waals surface area contributed by atoms with Crippen LogP contribution in [-0.2, 0) is 0 Å². The highest BCUT2D eigenvalue weighted by atomic mass is 32.1. The molecular weight excluding hydrogens is 429 g/mol. The average Bonchev–Trinajstić information content (AvgIpc) is 3.42. The zero-order chi connectivity index (χ0) is 21.8. The van der Waals surface area contributed by atoms with E-state index in [0.717, 1.165) is 30.8 Å². The number of carbonyl (C=O) groups is 1. The Kier molecular flexibility index (Phi) is 4.95. The molecule has 5 rings (SSSR count). The van der Waals surface area contributed by atoms with Crippen molar-refractivity contribution in [3.05, 3.63) is 23.2 Å². The molecule has 3 aliphatic heterocycles. The molecule has 5 heterocycles. The van der Waals surface area contributed by atoms with Crippen LogP contribution >= 0.6 is 11.3 Å². The van der Waals surface area contributed by atoms with E-state index >= 15 is 0 Å². The summed E-state index contributed by atoms with van der Waals surface area (Å²) < 4.78 is 39.8. The number of nitrogens with one attached hydrogen (secondary N) is 1. The highest BCUT2D eigenvalue weighted by Crippen LogP contribution is 2.44. The molecule has 2 fully saturated rings. The first-order valence-corrected chi connectivity index (χ1v) is 11.3. The van der Waals surface area contributed by atoms with Crippen LogP contribution in [0.5, 0.6) is 0 Å². The second kappa shape index (κ2) is 7.54. The standard InChI is InChI=1S/C20H23F3N6OS/c1-12-11-31-18(24-12)26-19(30)29-16-5-3-9-28(16)14-6-7-15(25-17(14)29)27-8-2-4-13(10-27)20(21,22)23/h6-7,11,13,16H,2-5,8-10H2,1H3,(H,24,26,30). The quantitative estimate of drug-likeness (QED) is 0.721. The molecule has 3 aliphatic rings. The number of aromatic nitrogens is 2. The number of carbonyl (C=O) groups excluding carboxylic acids is 1. The zero-order valence-electron chi connectivity index (χ0n) is 17.0. The summed E-state index contributed by atoms with van der Waals surface area (Å²) in [5.74, 6) is -0.370. The van der Waals surface area contributed by atoms with Gasteiger partial charge in [0.05, 0.1) is 17.3 Å². The lowest BCUT2D eigenvalue weighted by Gasteiger charge is -2.34. The van der Waals surface area contributed by atoms with E-state index in [9.17, 15) is 18.0 Å². The Balaban J connectivity index is 1.44. The molecule has 0 bridgehead atoms. The van der Waals surface area contributed by atoms with Crippen LogP contribution in [0.1, 0.15) is 31.4 Å². The molecule has 7 nitrogen and oxygen atoms in total. The number of rotatable bonds is 2. The normalized spacial score (nSPS) is 23.2. The number of fused-ring (bicyclic) bond motifs is 3. The monoisotopic (exact) mass is 452 g/mol. The Morgan fingerprint density at radius 1 is 1.19 bits per heavy atom. The molecule has 166 valence electrons. The number of halogens is 3. The highest BCUT2D eigenvalue weighted by Gasteiger charge is 2.45. The largest absolute Gasteiger partial charge is 0.393 e. The molecule has 31 heavy (non-hydrogen) atoms. The first kappa shape index (κ1) is 20.3. The van der Waals surface area contributed by atoms with Crippen molar-refractivity contribution in [2.45, 2.75) is 44.9 Å². The van der Waals surface area contributed by atoms with Gasteiger partial charge in [-0.15, -0.1) is 11.3 Å². The van der Waals surface area contributed by atoms with E-state index in [1.54, 1.807) is 15.9 Å². The number of anilines is 4. The molecule has 2 saturated heterocycles. The van der Waals surface area contributed by atoms with Crippen molar-refractivity contribution in [3.8, 4) is 0 Å². The number of nitrogens with zero attached hydrogens (tertiary/aromatic N) is 5. The number of urea groups is 1. The first-order chi connectivity index (χ1) is 14.8. The molecule has 11 heteroatoms. The van der Waals surface area contributed by atoms with Crippen molar-refractivity contribution < 1.29 is 18.0 Å². The summed E-state index contributed by atoms with van der Waals surface area (Å²) in [4.78, 5) is 27.6. The topological polar surface area (TPSA) is 64.6 Å². The smallest absolute Gasteiger partial charge is 0.356 e. The average molecular weight is 453 g/mol. The summed E-state index contributed by atoms with van der Waals surface area (Å²) in [6, 6.07) is 3.34. The van der Waals surface area contributed by atoms with E-state index in [1.807, 2.05) is 18.4 Å². The molecular formula is C20H23F3N6OS. The summed E-state index contributed by atoms with van der Waals surface area (Å²) in [5.41, 5.74) is 1.68. The van der Waals surface area contributed by atoms with Crippen molar-refractivity contribution >= 4 is 39.8 Å². The lowest BCUT2D eigenvalue weighted by molar-refractivity contribution is -0.176. The minimum absolute atomic E-state index is 0.104. The van der Waals surface area contributed by atoms with Gasteiger partial charge in [0.15, 0.2) is 10.9 Å². The van der Waals surface area contributed by atoms with E-state index < -0.39 is 12.1 Å². The summed E-state index contributed by atoms with van der Waals surface area (Å²) in [7, 11) is 0. The van der Waals surface area contributed by atoms with Gasteiger partial charge in [0.2, 0.25) is 0 Å². The van der Waals surface area contributed by atoms with Crippen molar-refractivity contribution in [3.63, 3.8) is 0 Å². The summed E-state index contributed by atoms with van der Waals surface area (Å²) in [6.07, 6.45) is -1.96. The van der Waals surface area contributed by atoms with Crippen LogP contribution in [0.15, 0.2) is 17.5 Å². The van der Waals surface area contributed by atoms with E-state index in [0.29, 0.717) is 29.7 Å². The van der Waals surface area contributed by atoms with Gasteiger partial charge in [0.1, 0.15) is 12.0 Å². The van der Waals surface area contributed by atoms with Crippen LogP contribution in [0.25, 0.3) is 0 Å². The maximum Gasteiger partial charge on any atom is 0.393 e. The van der Waals surface area contributed by atoms with Crippen LogP contribution < -0.4 is 20.0 Å². The SMILES string of the molecule is Cc1csc(NC(=O)N2c3nc(N4CCCC(C(F)(F)F)C4)ccc3N3CCCC32)n1. The predicted octanol–water partition coefficient (Wildman–Crippen LogP) is 4.60. The minimum atomic E-state index is -4.21. The van der Waals surface area contributed by atoms with Gasteiger partial charge in [0, 0.05) is 25.0 Å². The number of hydrogen-bond donors (Lipinski definition) is 1. The molecule has 0 spiro atoms. The molecule has 2 unspecified atom stereocenters. The lowest BCUT2D eigenvalue weighted by atomic mass is 9.97. The Hall–Kier alpha value is -2.56. The Bertz CT molecular complexity index is 996. The molecule has 2 aromatic heterocycles. The van der Waals surface area contributed by atoms with Crippen LogP contribution in [0.2, 0.25) is 0 Å². The third-order valence-corrected chi connectivity index (χ3v) is 7.03. The number of piperidine rings is 1. The van der Waals surface area contributed by atoms with Gasteiger partial charge in [-0.05, 0) is 44.7 Å². The van der Waals surface area contributed by atoms with Crippen LogP contribution in [0, 0.1) is 12.8 Å². The second-order valence-corrected chi connectivity index (χ2v) is 9.11. The van der Waals surface area contributed by atoms with Crippen molar-refractivity contribution in [1.29, 1.82) is 0 Å². The summed E-state index contributed by atoms with van der Waals surface area (Å²) in [5, 5.41) is 5.22. The maximum absolute atomic E-state index is 13.3. The minimum Gasteiger partial charge on any atom is -0.356 e. The van der Waals surface area contributed by atoms with Crippen LogP contribution in [-0.4, -0.2) is 48.0 Å². The molecule has 2 aromatic rings. The number of aryl methyl sites for hydroxylation is 1. The van der Waals surface area contributed by atoms with Gasteiger partial charge in [-0.25, -0.2) is 14.8 Å². The van der Waals surface area contributed by atoms with Crippen molar-refractivity contribution in [2.24, 2.45) is 5.92 Å². The summed E-state index contributed by atoms with van der Waals surface area (Å²) in [6.45, 7) is 3.10. The Labute approximate surface area is 181 Å². The fourth-order valence-corrected chi connectivity index (χ4v) is 5.37. The molecule has 2 atom stereocenters. The molecule has 2 amide bonds. The second-order valence-electron chi connectivity index (χ2n) is 8.25. The van der Waals surface area contributed by atoms with E-state index in [-0.39, 0.29) is 25.2 Å². The van der Waals surface area contributed by atoms with E-state index in [2.05, 4.69) is 15.2 Å². The third kappa shape index (κ3) is 3.68. The molecule has 0 saturated carbocycles. The fourth-order valence-electron chi connectivity index (χ4n) is 4.70. The zero-order valence-corrected chi connectivity index (χ0v) is 17.8. The number of pyridine rings is 1. The highest BCUT2D eigenvalue weighted by molar-refractivity contribution is 7.13. The molecule has 0 radical (unpaired) electrons. The van der Waals surface area contributed by atoms with Gasteiger partial charge >= 0.3 is 12.2 Å². The van der Waals surface area contributed by atoms with Crippen molar-refractivity contribution in [1.82, 2.24) is 9.97 Å². The first-order valence-electron chi connectivity index (χ1n) is 10.4. The Morgan fingerprint density at radius 2 is 2.00 bits per heavy atom. The van der Waals surface area contributed by atoms with Gasteiger partial charge in [0.25, 0.3) is 0 Å². The van der Waals surface area contributed by atoms with Gasteiger partial charge in [-0.2, -0.15) is 13.2 Å². The maximum atomic E-state index is 13.3. The fraction of sp³-hybridized carbons (Fsp3) is 0.550. The van der Waals surface area contributed by atoms with Crippen molar-refractivity contribution in [2.75, 3.05) is 39.7 Å². The predicted molar refractivity (Wildman–Crippen MR) is 114 cm³/mol. The lowest BCUT2D eigenvalue weighted by Crippen LogP contribution is -2.45. The number of thiazole rings is 1. The van der Waals surface area contributed by atoms with Crippen LogP contribution in [0.3, 0.4) is 0 Å².